The average molecular weight is 663 g/mol. The molecule has 0 saturated carbocycles. The first kappa shape index (κ1) is 29.8. The number of fused-ring (bicyclic) bond motifs is 4. The normalized spacial score (nSPS) is 11.5. The molecule has 2 heterocycles. The van der Waals surface area contributed by atoms with Crippen LogP contribution in [0.3, 0.4) is 0 Å². The van der Waals surface area contributed by atoms with Crippen molar-refractivity contribution in [3.63, 3.8) is 0 Å². The molecule has 0 N–H and O–H groups in total. The van der Waals surface area contributed by atoms with E-state index in [4.69, 9.17) is 19.9 Å². The molecule has 0 fully saturated rings. The second kappa shape index (κ2) is 12.4. The van der Waals surface area contributed by atoms with Gasteiger partial charge in [-0.3, -0.25) is 0 Å². The first-order valence-electron chi connectivity index (χ1n) is 17.5. The van der Waals surface area contributed by atoms with Crippen LogP contribution in [0.25, 0.3) is 99.8 Å². The lowest BCUT2D eigenvalue weighted by Crippen LogP contribution is -2.00. The molecule has 0 atom stereocenters. The van der Waals surface area contributed by atoms with Crippen LogP contribution in [0.2, 0.25) is 0 Å². The molecular formula is C48H30N4. The summed E-state index contributed by atoms with van der Waals surface area (Å²) < 4.78 is 0. The van der Waals surface area contributed by atoms with E-state index in [1.807, 2.05) is 0 Å². The number of hydrogen-bond acceptors (Lipinski definition) is 4. The molecule has 0 aliphatic carbocycles. The molecule has 0 bridgehead atoms. The lowest BCUT2D eigenvalue weighted by atomic mass is 10.0. The molecule has 242 valence electrons. The summed E-state index contributed by atoms with van der Waals surface area (Å²) >= 11 is 0. The summed E-state index contributed by atoms with van der Waals surface area (Å²) in [7, 11) is 0. The van der Waals surface area contributed by atoms with Crippen molar-refractivity contribution in [2.24, 2.45) is 0 Å². The van der Waals surface area contributed by atoms with Crippen LogP contribution in [0.5, 0.6) is 0 Å². The first-order chi connectivity index (χ1) is 25.7. The van der Waals surface area contributed by atoms with Crippen molar-refractivity contribution in [1.82, 2.24) is 19.9 Å². The Morgan fingerprint density at radius 1 is 0.212 bits per heavy atom. The highest BCUT2D eigenvalue weighted by Gasteiger charge is 2.17. The Morgan fingerprint density at radius 2 is 0.481 bits per heavy atom. The third kappa shape index (κ3) is 5.53. The highest BCUT2D eigenvalue weighted by atomic mass is 14.9. The number of benzene rings is 8. The van der Waals surface area contributed by atoms with Gasteiger partial charge >= 0.3 is 0 Å². The minimum atomic E-state index is 0.643. The highest BCUT2D eigenvalue weighted by Crippen LogP contribution is 2.34. The fourth-order valence-electron chi connectivity index (χ4n) is 7.06. The average Bonchev–Trinajstić information content (AvgIpc) is 3.22. The zero-order chi connectivity index (χ0) is 34.4. The zero-order valence-corrected chi connectivity index (χ0v) is 28.1. The standard InChI is InChI=1S/C48H30N4/c1-5-13-35-25-39(21-17-31(35)9-1)43-29-45(51-47(49-43)41-23-19-33-11-3-7-15-37(33)27-41)46-30-44(40-22-18-32-10-2-6-14-36(32)26-40)50-48(52-46)42-24-20-34-12-4-8-16-38(34)28-42/h1-30H. The van der Waals surface area contributed by atoms with E-state index in [0.717, 1.165) is 66.6 Å². The summed E-state index contributed by atoms with van der Waals surface area (Å²) in [5, 5.41) is 9.32. The fourth-order valence-corrected chi connectivity index (χ4v) is 7.06. The largest absolute Gasteiger partial charge is 0.228 e. The van der Waals surface area contributed by atoms with Crippen LogP contribution in [0.1, 0.15) is 0 Å². The van der Waals surface area contributed by atoms with Gasteiger partial charge in [0.1, 0.15) is 0 Å². The van der Waals surface area contributed by atoms with E-state index in [0.29, 0.717) is 11.6 Å². The van der Waals surface area contributed by atoms with Gasteiger partial charge in [-0.05, 0) is 79.5 Å². The van der Waals surface area contributed by atoms with Crippen molar-refractivity contribution in [3.05, 3.63) is 182 Å². The van der Waals surface area contributed by atoms with E-state index < -0.39 is 0 Å². The van der Waals surface area contributed by atoms with Crippen LogP contribution in [-0.4, -0.2) is 19.9 Å². The molecule has 10 aromatic rings. The van der Waals surface area contributed by atoms with Crippen molar-refractivity contribution < 1.29 is 0 Å². The smallest absolute Gasteiger partial charge is 0.160 e. The van der Waals surface area contributed by atoms with Crippen molar-refractivity contribution in [2.45, 2.75) is 0 Å². The topological polar surface area (TPSA) is 51.6 Å². The Bertz CT molecular complexity index is 2580. The van der Waals surface area contributed by atoms with E-state index >= 15 is 0 Å². The fraction of sp³-hybridized carbons (Fsp3) is 0. The van der Waals surface area contributed by atoms with E-state index in [1.54, 1.807) is 0 Å². The molecule has 0 aliphatic rings. The van der Waals surface area contributed by atoms with Crippen LogP contribution in [-0.2, 0) is 0 Å². The second-order valence-corrected chi connectivity index (χ2v) is 13.2. The summed E-state index contributed by atoms with van der Waals surface area (Å²) in [6.45, 7) is 0. The molecule has 0 radical (unpaired) electrons. The van der Waals surface area contributed by atoms with E-state index in [2.05, 4.69) is 182 Å². The van der Waals surface area contributed by atoms with Gasteiger partial charge in [0, 0.05) is 22.3 Å². The maximum absolute atomic E-state index is 5.24. The summed E-state index contributed by atoms with van der Waals surface area (Å²) in [5.74, 6) is 1.29. The van der Waals surface area contributed by atoms with Gasteiger partial charge < -0.3 is 0 Å². The minimum Gasteiger partial charge on any atom is -0.228 e. The maximum atomic E-state index is 5.24. The molecule has 0 aliphatic heterocycles. The summed E-state index contributed by atoms with van der Waals surface area (Å²) in [6, 6.07) is 63.5. The first-order valence-corrected chi connectivity index (χ1v) is 17.5. The predicted octanol–water partition coefficient (Wildman–Crippen LogP) is 12.2. The number of aromatic nitrogens is 4. The van der Waals surface area contributed by atoms with E-state index in [9.17, 15) is 0 Å². The Labute approximate surface area is 300 Å². The Kier molecular flexibility index (Phi) is 7.10. The Hall–Kier alpha value is -7.04. The van der Waals surface area contributed by atoms with Gasteiger partial charge in [-0.1, -0.05) is 146 Å². The van der Waals surface area contributed by atoms with Gasteiger partial charge in [0.2, 0.25) is 0 Å². The van der Waals surface area contributed by atoms with Gasteiger partial charge in [-0.2, -0.15) is 0 Å². The molecule has 0 amide bonds. The van der Waals surface area contributed by atoms with Crippen LogP contribution >= 0.6 is 0 Å². The summed E-state index contributed by atoms with van der Waals surface area (Å²) in [4.78, 5) is 20.8. The summed E-state index contributed by atoms with van der Waals surface area (Å²) in [5.41, 5.74) is 7.04. The third-order valence-corrected chi connectivity index (χ3v) is 9.82. The molecular weight excluding hydrogens is 633 g/mol. The SMILES string of the molecule is c1ccc2cc(-c3cc(-c4cc(-c5ccc6ccccc6c5)nc(-c5ccc6ccccc6c5)n4)nc(-c4ccc5ccccc5c4)n3)ccc2c1. The summed E-state index contributed by atoms with van der Waals surface area (Å²) in [6.07, 6.45) is 0. The molecule has 4 heteroatoms. The molecule has 4 nitrogen and oxygen atoms in total. The monoisotopic (exact) mass is 662 g/mol. The number of hydrogen-bond donors (Lipinski definition) is 0. The van der Waals surface area contributed by atoms with Gasteiger partial charge in [0.25, 0.3) is 0 Å². The lowest BCUT2D eigenvalue weighted by molar-refractivity contribution is 1.14. The third-order valence-electron chi connectivity index (χ3n) is 9.82. The number of nitrogens with zero attached hydrogens (tertiary/aromatic N) is 4. The molecule has 0 spiro atoms. The molecule has 10 rings (SSSR count). The van der Waals surface area contributed by atoms with Gasteiger partial charge in [-0.15, -0.1) is 0 Å². The Morgan fingerprint density at radius 3 is 0.827 bits per heavy atom. The maximum Gasteiger partial charge on any atom is 0.160 e. The number of rotatable bonds is 5. The van der Waals surface area contributed by atoms with Crippen LogP contribution in [0, 0.1) is 0 Å². The van der Waals surface area contributed by atoms with Gasteiger partial charge in [0.05, 0.1) is 22.8 Å². The lowest BCUT2D eigenvalue weighted by Gasteiger charge is -2.13. The van der Waals surface area contributed by atoms with E-state index in [-0.39, 0.29) is 0 Å². The highest BCUT2D eigenvalue weighted by molar-refractivity contribution is 5.91. The zero-order valence-electron chi connectivity index (χ0n) is 28.1. The van der Waals surface area contributed by atoms with Crippen molar-refractivity contribution in [1.29, 1.82) is 0 Å². The molecule has 0 saturated heterocycles. The van der Waals surface area contributed by atoms with Crippen LogP contribution in [0.15, 0.2) is 182 Å². The van der Waals surface area contributed by atoms with Gasteiger partial charge in [0.15, 0.2) is 11.6 Å². The minimum absolute atomic E-state index is 0.643. The second-order valence-electron chi connectivity index (χ2n) is 13.2. The molecule has 8 aromatic carbocycles. The van der Waals surface area contributed by atoms with Crippen LogP contribution < -0.4 is 0 Å². The van der Waals surface area contributed by atoms with Gasteiger partial charge in [-0.25, -0.2) is 19.9 Å². The predicted molar refractivity (Wildman–Crippen MR) is 215 cm³/mol. The molecule has 0 unspecified atom stereocenters. The van der Waals surface area contributed by atoms with E-state index in [1.165, 1.54) is 21.5 Å². The van der Waals surface area contributed by atoms with Crippen molar-refractivity contribution in [3.8, 4) is 56.7 Å². The van der Waals surface area contributed by atoms with Crippen LogP contribution in [0.4, 0.5) is 0 Å². The molecule has 2 aromatic heterocycles. The quantitative estimate of drug-likeness (QED) is 0.184. The molecule has 52 heavy (non-hydrogen) atoms. The van der Waals surface area contributed by atoms with Crippen molar-refractivity contribution >= 4 is 43.1 Å². The Balaban J connectivity index is 1.21. The van der Waals surface area contributed by atoms with Crippen molar-refractivity contribution in [2.75, 3.05) is 0 Å².